The van der Waals surface area contributed by atoms with Crippen LogP contribution in [0.25, 0.3) is 0 Å². The van der Waals surface area contributed by atoms with Gasteiger partial charge in [0.1, 0.15) is 26.4 Å². The minimum atomic E-state index is -1.19. The summed E-state index contributed by atoms with van der Waals surface area (Å²) in [5.41, 5.74) is 1.51. The van der Waals surface area contributed by atoms with Crippen LogP contribution >= 0.6 is 0 Å². The third-order valence-corrected chi connectivity index (χ3v) is 7.89. The molecule has 0 aliphatic carbocycles. The van der Waals surface area contributed by atoms with Crippen molar-refractivity contribution in [2.24, 2.45) is 0 Å². The molecule has 1 heterocycles. The average Bonchev–Trinajstić information content (AvgIpc) is 3.44. The van der Waals surface area contributed by atoms with Gasteiger partial charge in [-0.3, -0.25) is 10.5 Å². The van der Waals surface area contributed by atoms with Gasteiger partial charge in [0.05, 0.1) is 72.7 Å². The van der Waals surface area contributed by atoms with Crippen molar-refractivity contribution in [3.8, 4) is 0 Å². The molecule has 0 aromatic heterocycles. The highest BCUT2D eigenvalue weighted by molar-refractivity contribution is 5.63. The molecule has 0 saturated carbocycles. The van der Waals surface area contributed by atoms with Crippen molar-refractivity contribution in [1.29, 1.82) is 0 Å². The van der Waals surface area contributed by atoms with Crippen molar-refractivity contribution in [3.63, 3.8) is 0 Å². The number of hydrogen-bond acceptors (Lipinski definition) is 33. The van der Waals surface area contributed by atoms with Crippen molar-refractivity contribution >= 4 is 49.2 Å². The van der Waals surface area contributed by atoms with Crippen molar-refractivity contribution in [1.82, 2.24) is 0 Å². The lowest BCUT2D eigenvalue weighted by Crippen LogP contribution is -2.31. The fourth-order valence-corrected chi connectivity index (χ4v) is 4.20. The predicted molar refractivity (Wildman–Crippen MR) is 258 cm³/mol. The summed E-state index contributed by atoms with van der Waals surface area (Å²) >= 11 is 0. The Morgan fingerprint density at radius 2 is 0.608 bits per heavy atom. The largest absolute Gasteiger partial charge is 0.508 e. The van der Waals surface area contributed by atoms with Gasteiger partial charge in [0, 0.05) is 104 Å². The number of benzene rings is 1. The van der Waals surface area contributed by atoms with Crippen LogP contribution in [0.3, 0.4) is 0 Å². The number of hydrogen-bond donors (Lipinski definition) is 9. The number of rotatable bonds is 34. The zero-order valence-corrected chi connectivity index (χ0v) is 43.6. The quantitative estimate of drug-likeness (QED) is 0.0157. The Hall–Kier alpha value is -6.98. The second-order valence-corrected chi connectivity index (χ2v) is 14.3. The Labute approximate surface area is 453 Å². The highest BCUT2D eigenvalue weighted by Crippen LogP contribution is 2.09. The van der Waals surface area contributed by atoms with Crippen LogP contribution in [0.5, 0.6) is 0 Å². The Kier molecular flexibility index (Phi) is 56.7. The zero-order valence-electron chi connectivity index (χ0n) is 43.6. The van der Waals surface area contributed by atoms with Crippen LogP contribution in [-0.2, 0) is 89.0 Å². The van der Waals surface area contributed by atoms with Crippen molar-refractivity contribution in [2.45, 2.75) is 77.1 Å². The van der Waals surface area contributed by atoms with Gasteiger partial charge in [0.25, 0.3) is 0 Å². The van der Waals surface area contributed by atoms with Gasteiger partial charge in [-0.05, 0) is 11.1 Å². The minimum absolute atomic E-state index is 0.0498. The van der Waals surface area contributed by atoms with Crippen LogP contribution in [0.1, 0.15) is 68.9 Å². The molecule has 1 fully saturated rings. The molecule has 1 aliphatic heterocycles. The SMILES string of the molecule is O=C(OCCCO)OCC(COC(=O)OCCCO)OC(=O)OCCCO.O=C(OCCCO)OCCCOC(=O)OCCCO.O=C(OCCCO)OCc1ccc(COC(=O)OCCCO)cc1.O=C1OCCCO1.OO. The molecule has 9 N–H and O–H groups in total. The number of carbonyl (C=O) groups is 8. The van der Waals surface area contributed by atoms with E-state index in [4.69, 9.17) is 79.4 Å². The summed E-state index contributed by atoms with van der Waals surface area (Å²) in [4.78, 5) is 88.5. The molecule has 1 aromatic carbocycles. The second-order valence-electron chi connectivity index (χ2n) is 14.3. The van der Waals surface area contributed by atoms with E-state index in [0.717, 1.165) is 17.5 Å². The maximum atomic E-state index is 11.5. The third kappa shape index (κ3) is 55.6. The van der Waals surface area contributed by atoms with E-state index in [1.165, 1.54) is 0 Å². The van der Waals surface area contributed by atoms with E-state index in [9.17, 15) is 38.4 Å². The van der Waals surface area contributed by atoms with E-state index in [2.05, 4.69) is 42.6 Å². The maximum Gasteiger partial charge on any atom is 0.508 e. The van der Waals surface area contributed by atoms with E-state index in [-0.39, 0.29) is 138 Å². The molecule has 1 aliphatic rings. The fraction of sp³-hybridized carbons (Fsp3) is 0.696. The number of ether oxygens (including phenoxy) is 16. The molecule has 79 heavy (non-hydrogen) atoms. The molecule has 2 rings (SSSR count). The van der Waals surface area contributed by atoms with Crippen LogP contribution in [0.4, 0.5) is 38.4 Å². The Balaban J connectivity index is -0.00000102. The lowest BCUT2D eigenvalue weighted by molar-refractivity contribution is -0.176. The lowest BCUT2D eigenvalue weighted by atomic mass is 10.1. The molecule has 458 valence electrons. The summed E-state index contributed by atoms with van der Waals surface area (Å²) in [6.07, 6.45) is -4.90. The lowest BCUT2D eigenvalue weighted by Gasteiger charge is -2.17. The van der Waals surface area contributed by atoms with Gasteiger partial charge in [-0.15, -0.1) is 0 Å². The molecule has 0 atom stereocenters. The van der Waals surface area contributed by atoms with E-state index in [1.807, 2.05) is 0 Å². The summed E-state index contributed by atoms with van der Waals surface area (Å²) in [5.74, 6) is 0. The molecule has 0 bridgehead atoms. The Morgan fingerprint density at radius 3 is 0.861 bits per heavy atom. The standard InChI is InChI=1S/C16H22O8.C15H26O12.C11H20O8.C4H6O3.H2O2/c17-7-1-9-21-15(19)23-11-13-3-5-14(6-4-13)12-24-16(20)22-10-2-8-18;16-4-1-7-22-13(19)25-10-12(27-15(21)24-9-3-6-18)11-26-14(20)23-8-2-5-17;12-4-1-6-16-10(14)18-8-3-9-19-11(15)17-7-2-5-13;5-4-6-2-1-3-7-4;1-2/h3-6,17-18H,1-2,7-12H2;12,16-18H,1-11H2;12-13H,1-9H2;1-3H2;1-2H. The summed E-state index contributed by atoms with van der Waals surface area (Å²) in [7, 11) is 0. The number of aliphatic hydroxyl groups is 7. The smallest absolute Gasteiger partial charge is 0.434 e. The molecule has 0 radical (unpaired) electrons. The molecule has 0 amide bonds. The van der Waals surface area contributed by atoms with Crippen LogP contribution in [0, 0.1) is 0 Å². The molecule has 33 nitrogen and oxygen atoms in total. The topological polar surface area (TPSA) is 466 Å². The molecule has 33 heteroatoms. The van der Waals surface area contributed by atoms with Gasteiger partial charge in [-0.2, -0.15) is 0 Å². The summed E-state index contributed by atoms with van der Waals surface area (Å²) in [6.45, 7) is -0.216. The highest BCUT2D eigenvalue weighted by Gasteiger charge is 2.21. The number of cyclic esters (lactones) is 2. The predicted octanol–water partition coefficient (Wildman–Crippen LogP) is 2.73. The molecule has 1 saturated heterocycles. The van der Waals surface area contributed by atoms with E-state index in [0.29, 0.717) is 45.3 Å². The minimum Gasteiger partial charge on any atom is -0.434 e. The highest BCUT2D eigenvalue weighted by atomic mass is 17.0. The third-order valence-electron chi connectivity index (χ3n) is 7.89. The van der Waals surface area contributed by atoms with Gasteiger partial charge in [-0.1, -0.05) is 24.3 Å². The van der Waals surface area contributed by atoms with Gasteiger partial charge >= 0.3 is 49.2 Å². The molecule has 1 aromatic rings. The van der Waals surface area contributed by atoms with Crippen LogP contribution in [-0.4, -0.2) is 234 Å². The molecule has 0 spiro atoms. The molecular weight excluding hydrogens is 1080 g/mol. The fourth-order valence-electron chi connectivity index (χ4n) is 4.20. The Bertz CT molecular complexity index is 1560. The monoisotopic (exact) mass is 1160 g/mol. The summed E-state index contributed by atoms with van der Waals surface area (Å²) in [5, 5.41) is 71.8. The first-order valence-corrected chi connectivity index (χ1v) is 24.2. The zero-order chi connectivity index (χ0) is 59.4. The van der Waals surface area contributed by atoms with Crippen LogP contribution < -0.4 is 0 Å². The average molecular weight is 1160 g/mol. The number of carbonyl (C=O) groups excluding carboxylic acids is 8. The van der Waals surface area contributed by atoms with Crippen molar-refractivity contribution < 1.29 is 160 Å². The van der Waals surface area contributed by atoms with Gasteiger partial charge in [-0.25, -0.2) is 38.4 Å². The molecular formula is C46H76O33. The van der Waals surface area contributed by atoms with Gasteiger partial charge in [0.15, 0.2) is 6.10 Å². The first kappa shape index (κ1) is 76.3. The van der Waals surface area contributed by atoms with E-state index >= 15 is 0 Å². The second kappa shape index (κ2) is 58.7. The van der Waals surface area contributed by atoms with Gasteiger partial charge in [0.2, 0.25) is 0 Å². The number of aliphatic hydroxyl groups excluding tert-OH is 7. The normalized spacial score (nSPS) is 10.8. The van der Waals surface area contributed by atoms with Crippen LogP contribution in [0.15, 0.2) is 24.3 Å². The summed E-state index contributed by atoms with van der Waals surface area (Å²) < 4.78 is 74.8. The Morgan fingerprint density at radius 1 is 0.367 bits per heavy atom. The first-order valence-electron chi connectivity index (χ1n) is 24.2. The van der Waals surface area contributed by atoms with E-state index in [1.54, 1.807) is 24.3 Å². The maximum absolute atomic E-state index is 11.5. The van der Waals surface area contributed by atoms with Crippen LogP contribution in [0.2, 0.25) is 0 Å². The first-order chi connectivity index (χ1) is 38.3. The van der Waals surface area contributed by atoms with Gasteiger partial charge < -0.3 is 112 Å². The van der Waals surface area contributed by atoms with E-state index < -0.39 is 68.6 Å². The summed E-state index contributed by atoms with van der Waals surface area (Å²) in [6, 6.07) is 6.93. The molecule has 0 unspecified atom stereocenters. The van der Waals surface area contributed by atoms with Crippen molar-refractivity contribution in [2.75, 3.05) is 132 Å². The van der Waals surface area contributed by atoms with Crippen molar-refractivity contribution in [3.05, 3.63) is 35.4 Å².